The van der Waals surface area contributed by atoms with Gasteiger partial charge in [0, 0.05) is 11.3 Å². The SMILES string of the molecule is CNCCC(Oc1cccc2c1OCCO2)c1cccs1. The average Bonchev–Trinajstić information content (AvgIpc) is 3.06. The van der Waals surface area contributed by atoms with Crippen LogP contribution in [-0.4, -0.2) is 26.8 Å². The molecule has 2 aromatic rings. The van der Waals surface area contributed by atoms with E-state index in [-0.39, 0.29) is 6.10 Å². The number of thiophene rings is 1. The number of rotatable bonds is 6. The molecule has 112 valence electrons. The molecule has 0 radical (unpaired) electrons. The molecule has 1 aliphatic heterocycles. The summed E-state index contributed by atoms with van der Waals surface area (Å²) in [5.41, 5.74) is 0. The van der Waals surface area contributed by atoms with Crippen molar-refractivity contribution in [1.82, 2.24) is 5.32 Å². The summed E-state index contributed by atoms with van der Waals surface area (Å²) in [4.78, 5) is 1.22. The van der Waals surface area contributed by atoms with E-state index in [1.165, 1.54) is 4.88 Å². The van der Waals surface area contributed by atoms with Gasteiger partial charge in [-0.2, -0.15) is 0 Å². The molecule has 1 unspecified atom stereocenters. The highest BCUT2D eigenvalue weighted by molar-refractivity contribution is 7.10. The van der Waals surface area contributed by atoms with Gasteiger partial charge in [0.15, 0.2) is 11.5 Å². The Hall–Kier alpha value is -1.72. The highest BCUT2D eigenvalue weighted by Crippen LogP contribution is 2.41. The Balaban J connectivity index is 1.82. The molecule has 21 heavy (non-hydrogen) atoms. The normalized spacial score (nSPS) is 14.7. The van der Waals surface area contributed by atoms with Crippen molar-refractivity contribution in [3.8, 4) is 17.2 Å². The van der Waals surface area contributed by atoms with Gasteiger partial charge >= 0.3 is 0 Å². The first-order chi connectivity index (χ1) is 10.4. The summed E-state index contributed by atoms with van der Waals surface area (Å²) in [6.07, 6.45) is 0.927. The zero-order valence-corrected chi connectivity index (χ0v) is 12.8. The number of hydrogen-bond donors (Lipinski definition) is 1. The third-order valence-electron chi connectivity index (χ3n) is 3.32. The number of nitrogens with one attached hydrogen (secondary N) is 1. The van der Waals surface area contributed by atoms with Crippen molar-refractivity contribution in [2.24, 2.45) is 0 Å². The molecular weight excluding hydrogens is 286 g/mol. The fourth-order valence-corrected chi connectivity index (χ4v) is 3.09. The Morgan fingerprint density at radius 2 is 2.14 bits per heavy atom. The van der Waals surface area contributed by atoms with Crippen LogP contribution in [0.2, 0.25) is 0 Å². The molecule has 0 amide bonds. The lowest BCUT2D eigenvalue weighted by atomic mass is 10.2. The summed E-state index contributed by atoms with van der Waals surface area (Å²) < 4.78 is 17.5. The van der Waals surface area contributed by atoms with Crippen molar-refractivity contribution < 1.29 is 14.2 Å². The van der Waals surface area contributed by atoms with Crippen LogP contribution in [-0.2, 0) is 0 Å². The first-order valence-corrected chi connectivity index (χ1v) is 7.99. The fraction of sp³-hybridized carbons (Fsp3) is 0.375. The smallest absolute Gasteiger partial charge is 0.203 e. The van der Waals surface area contributed by atoms with Crippen LogP contribution in [0.5, 0.6) is 17.2 Å². The summed E-state index contributed by atoms with van der Waals surface area (Å²) >= 11 is 1.71. The van der Waals surface area contributed by atoms with E-state index >= 15 is 0 Å². The quantitative estimate of drug-likeness (QED) is 0.889. The zero-order valence-electron chi connectivity index (χ0n) is 12.0. The van der Waals surface area contributed by atoms with Gasteiger partial charge in [-0.05, 0) is 37.2 Å². The third-order valence-corrected chi connectivity index (χ3v) is 4.28. The van der Waals surface area contributed by atoms with Crippen LogP contribution in [0.4, 0.5) is 0 Å². The molecule has 0 saturated heterocycles. The van der Waals surface area contributed by atoms with Gasteiger partial charge in [-0.15, -0.1) is 11.3 Å². The summed E-state index contributed by atoms with van der Waals surface area (Å²) in [5.74, 6) is 2.23. The highest BCUT2D eigenvalue weighted by Gasteiger charge is 2.21. The number of benzene rings is 1. The largest absolute Gasteiger partial charge is 0.486 e. The van der Waals surface area contributed by atoms with Crippen LogP contribution in [0.3, 0.4) is 0 Å². The zero-order chi connectivity index (χ0) is 14.5. The van der Waals surface area contributed by atoms with Gasteiger partial charge in [0.1, 0.15) is 19.3 Å². The van der Waals surface area contributed by atoms with Crippen LogP contribution in [0.1, 0.15) is 17.4 Å². The Labute approximate surface area is 128 Å². The van der Waals surface area contributed by atoms with Crippen LogP contribution in [0.15, 0.2) is 35.7 Å². The molecular formula is C16H19NO3S. The maximum absolute atomic E-state index is 6.22. The van der Waals surface area contributed by atoms with Gasteiger partial charge in [0.25, 0.3) is 0 Å². The summed E-state index contributed by atoms with van der Waals surface area (Å²) in [6, 6.07) is 9.95. The van der Waals surface area contributed by atoms with Crippen LogP contribution in [0.25, 0.3) is 0 Å². The number of para-hydroxylation sites is 1. The van der Waals surface area contributed by atoms with Gasteiger partial charge in [-0.3, -0.25) is 0 Å². The fourth-order valence-electron chi connectivity index (χ4n) is 2.30. The maximum Gasteiger partial charge on any atom is 0.203 e. The molecule has 1 aromatic carbocycles. The second-order valence-corrected chi connectivity index (χ2v) is 5.77. The second kappa shape index (κ2) is 6.83. The molecule has 0 fully saturated rings. The molecule has 0 aliphatic carbocycles. The van der Waals surface area contributed by atoms with Crippen molar-refractivity contribution in [2.45, 2.75) is 12.5 Å². The van der Waals surface area contributed by atoms with E-state index in [1.54, 1.807) is 11.3 Å². The first kappa shape index (κ1) is 14.2. The molecule has 0 bridgehead atoms. The van der Waals surface area contributed by atoms with Crippen molar-refractivity contribution in [3.05, 3.63) is 40.6 Å². The molecule has 0 saturated carbocycles. The molecule has 5 heteroatoms. The predicted octanol–water partition coefficient (Wildman–Crippen LogP) is 3.25. The minimum Gasteiger partial charge on any atom is -0.486 e. The second-order valence-electron chi connectivity index (χ2n) is 4.79. The first-order valence-electron chi connectivity index (χ1n) is 7.12. The van der Waals surface area contributed by atoms with E-state index in [0.717, 1.165) is 30.2 Å². The van der Waals surface area contributed by atoms with Gasteiger partial charge in [-0.25, -0.2) is 0 Å². The highest BCUT2D eigenvalue weighted by atomic mass is 32.1. The van der Waals surface area contributed by atoms with Crippen LogP contribution in [0, 0.1) is 0 Å². The van der Waals surface area contributed by atoms with Gasteiger partial charge < -0.3 is 19.5 Å². The van der Waals surface area contributed by atoms with Crippen molar-refractivity contribution in [3.63, 3.8) is 0 Å². The summed E-state index contributed by atoms with van der Waals surface area (Å²) in [6.45, 7) is 2.05. The van der Waals surface area contributed by atoms with Gasteiger partial charge in [0.05, 0.1) is 0 Å². The Kier molecular flexibility index (Phi) is 4.62. The molecule has 1 aromatic heterocycles. The van der Waals surface area contributed by atoms with E-state index in [2.05, 4.69) is 22.8 Å². The number of ether oxygens (including phenoxy) is 3. The van der Waals surface area contributed by atoms with Gasteiger partial charge in [-0.1, -0.05) is 12.1 Å². The monoisotopic (exact) mass is 305 g/mol. The van der Waals surface area contributed by atoms with E-state index in [0.29, 0.717) is 13.2 Å². The summed E-state index contributed by atoms with van der Waals surface area (Å²) in [7, 11) is 1.95. The van der Waals surface area contributed by atoms with Crippen molar-refractivity contribution >= 4 is 11.3 Å². The van der Waals surface area contributed by atoms with Crippen molar-refractivity contribution in [1.29, 1.82) is 0 Å². The molecule has 1 atom stereocenters. The molecule has 1 N–H and O–H groups in total. The summed E-state index contributed by atoms with van der Waals surface area (Å²) in [5, 5.41) is 5.25. The molecule has 3 rings (SSSR count). The lowest BCUT2D eigenvalue weighted by Gasteiger charge is -2.24. The van der Waals surface area contributed by atoms with E-state index in [9.17, 15) is 0 Å². The minimum atomic E-state index is 0.0227. The molecule has 4 nitrogen and oxygen atoms in total. The average molecular weight is 305 g/mol. The van der Waals surface area contributed by atoms with Crippen LogP contribution >= 0.6 is 11.3 Å². The minimum absolute atomic E-state index is 0.0227. The Morgan fingerprint density at radius 3 is 2.95 bits per heavy atom. The van der Waals surface area contributed by atoms with Gasteiger partial charge in [0.2, 0.25) is 5.75 Å². The Bertz CT molecular complexity index is 571. The van der Waals surface area contributed by atoms with Crippen LogP contribution < -0.4 is 19.5 Å². The Morgan fingerprint density at radius 1 is 1.24 bits per heavy atom. The standard InChI is InChI=1S/C16H19NO3S/c1-17-8-7-12(15-6-3-11-21-15)20-14-5-2-4-13-16(14)19-10-9-18-13/h2-6,11-12,17H,7-10H2,1H3. The maximum atomic E-state index is 6.22. The molecule has 2 heterocycles. The van der Waals surface area contributed by atoms with E-state index in [1.807, 2.05) is 25.2 Å². The topological polar surface area (TPSA) is 39.7 Å². The number of fused-ring (bicyclic) bond motifs is 1. The lowest BCUT2D eigenvalue weighted by molar-refractivity contribution is 0.146. The van der Waals surface area contributed by atoms with E-state index in [4.69, 9.17) is 14.2 Å². The lowest BCUT2D eigenvalue weighted by Crippen LogP contribution is -2.18. The predicted molar refractivity (Wildman–Crippen MR) is 83.7 cm³/mol. The molecule has 0 spiro atoms. The third kappa shape index (κ3) is 3.31. The van der Waals surface area contributed by atoms with Crippen molar-refractivity contribution in [2.75, 3.05) is 26.8 Å². The number of hydrogen-bond acceptors (Lipinski definition) is 5. The van der Waals surface area contributed by atoms with E-state index < -0.39 is 0 Å². The molecule has 1 aliphatic rings.